The number of hydrogen-bond acceptors (Lipinski definition) is 3. The molecule has 17 heavy (non-hydrogen) atoms. The summed E-state index contributed by atoms with van der Waals surface area (Å²) in [4.78, 5) is 14.4. The lowest BCUT2D eigenvalue weighted by Crippen LogP contribution is -2.51. The second kappa shape index (κ2) is 5.36. The highest BCUT2D eigenvalue weighted by Gasteiger charge is 2.39. The topological polar surface area (TPSA) is 55.6 Å². The first-order valence-electron chi connectivity index (χ1n) is 6.78. The highest BCUT2D eigenvalue weighted by Crippen LogP contribution is 2.43. The average molecular weight is 240 g/mol. The summed E-state index contributed by atoms with van der Waals surface area (Å²) in [6.07, 6.45) is 5.08. The molecule has 1 heterocycles. The lowest BCUT2D eigenvalue weighted by molar-refractivity contribution is -0.143. The highest BCUT2D eigenvalue weighted by molar-refractivity contribution is 5.77. The molecular weight excluding hydrogens is 216 g/mol. The van der Waals surface area contributed by atoms with Crippen LogP contribution in [-0.4, -0.2) is 43.2 Å². The second-order valence-corrected chi connectivity index (χ2v) is 5.46. The smallest absolute Gasteiger partial charge is 0.223 e. The molecule has 2 rings (SSSR count). The Morgan fingerprint density at radius 2 is 2.29 bits per heavy atom. The van der Waals surface area contributed by atoms with Crippen LogP contribution in [0.3, 0.4) is 0 Å². The van der Waals surface area contributed by atoms with Gasteiger partial charge in [-0.15, -0.1) is 0 Å². The van der Waals surface area contributed by atoms with Gasteiger partial charge in [0.2, 0.25) is 5.91 Å². The molecule has 0 aromatic heterocycles. The molecule has 2 N–H and O–H groups in total. The van der Waals surface area contributed by atoms with Crippen LogP contribution >= 0.6 is 0 Å². The summed E-state index contributed by atoms with van der Waals surface area (Å²) in [7, 11) is 0. The fourth-order valence-electron chi connectivity index (χ4n) is 2.87. The van der Waals surface area contributed by atoms with E-state index in [-0.39, 0.29) is 17.4 Å². The van der Waals surface area contributed by atoms with Gasteiger partial charge in [-0.2, -0.15) is 0 Å². The van der Waals surface area contributed by atoms with Gasteiger partial charge in [0.05, 0.1) is 19.3 Å². The van der Waals surface area contributed by atoms with Crippen molar-refractivity contribution in [2.75, 3.05) is 26.3 Å². The lowest BCUT2D eigenvalue weighted by atomic mass is 9.66. The lowest BCUT2D eigenvalue weighted by Gasteiger charge is -2.43. The SMILES string of the molecule is CCC1COCCN1C(=O)CC1(CN)CCC1. The first kappa shape index (κ1) is 12.8. The van der Waals surface area contributed by atoms with E-state index in [1.807, 2.05) is 4.90 Å². The Hall–Kier alpha value is -0.610. The Balaban J connectivity index is 1.93. The normalized spacial score (nSPS) is 27.6. The van der Waals surface area contributed by atoms with E-state index in [0.29, 0.717) is 26.2 Å². The summed E-state index contributed by atoms with van der Waals surface area (Å²) < 4.78 is 5.43. The Kier molecular flexibility index (Phi) is 4.05. The molecular formula is C13H24N2O2. The van der Waals surface area contributed by atoms with Crippen molar-refractivity contribution in [3.8, 4) is 0 Å². The molecule has 0 spiro atoms. The van der Waals surface area contributed by atoms with Crippen LogP contribution < -0.4 is 5.73 Å². The maximum Gasteiger partial charge on any atom is 0.223 e. The second-order valence-electron chi connectivity index (χ2n) is 5.46. The molecule has 0 radical (unpaired) electrons. The third-order valence-electron chi connectivity index (χ3n) is 4.39. The van der Waals surface area contributed by atoms with Gasteiger partial charge < -0.3 is 15.4 Å². The maximum absolute atomic E-state index is 12.3. The van der Waals surface area contributed by atoms with E-state index >= 15 is 0 Å². The molecule has 1 saturated heterocycles. The van der Waals surface area contributed by atoms with E-state index in [4.69, 9.17) is 10.5 Å². The minimum absolute atomic E-state index is 0.119. The maximum atomic E-state index is 12.3. The molecule has 0 aromatic carbocycles. The van der Waals surface area contributed by atoms with Crippen molar-refractivity contribution in [1.29, 1.82) is 0 Å². The Morgan fingerprint density at radius 1 is 1.53 bits per heavy atom. The molecule has 1 saturated carbocycles. The number of nitrogens with two attached hydrogens (primary N) is 1. The first-order valence-corrected chi connectivity index (χ1v) is 6.78. The van der Waals surface area contributed by atoms with Gasteiger partial charge in [-0.3, -0.25) is 4.79 Å². The fraction of sp³-hybridized carbons (Fsp3) is 0.923. The zero-order chi connectivity index (χ0) is 12.3. The number of nitrogens with zero attached hydrogens (tertiary/aromatic N) is 1. The quantitative estimate of drug-likeness (QED) is 0.802. The summed E-state index contributed by atoms with van der Waals surface area (Å²) >= 11 is 0. The van der Waals surface area contributed by atoms with Crippen molar-refractivity contribution in [2.24, 2.45) is 11.1 Å². The summed E-state index contributed by atoms with van der Waals surface area (Å²) in [6.45, 7) is 4.88. The van der Waals surface area contributed by atoms with Crippen LogP contribution in [0.5, 0.6) is 0 Å². The van der Waals surface area contributed by atoms with E-state index in [9.17, 15) is 4.79 Å². The number of rotatable bonds is 4. The first-order chi connectivity index (χ1) is 8.21. The van der Waals surface area contributed by atoms with Crippen LogP contribution in [0.2, 0.25) is 0 Å². The monoisotopic (exact) mass is 240 g/mol. The number of hydrogen-bond donors (Lipinski definition) is 1. The van der Waals surface area contributed by atoms with E-state index in [2.05, 4.69) is 6.92 Å². The van der Waals surface area contributed by atoms with E-state index in [0.717, 1.165) is 25.8 Å². The zero-order valence-corrected chi connectivity index (χ0v) is 10.8. The predicted molar refractivity (Wildman–Crippen MR) is 66.6 cm³/mol. The van der Waals surface area contributed by atoms with E-state index in [1.54, 1.807) is 0 Å². The van der Waals surface area contributed by atoms with Gasteiger partial charge in [0.1, 0.15) is 0 Å². The molecule has 1 aliphatic carbocycles. The number of carbonyl (C=O) groups excluding carboxylic acids is 1. The van der Waals surface area contributed by atoms with Crippen molar-refractivity contribution in [2.45, 2.75) is 45.1 Å². The van der Waals surface area contributed by atoms with Gasteiger partial charge in [-0.1, -0.05) is 13.3 Å². The summed E-state index contributed by atoms with van der Waals surface area (Å²) in [5.41, 5.74) is 5.94. The van der Waals surface area contributed by atoms with Gasteiger partial charge in [-0.05, 0) is 31.2 Å². The van der Waals surface area contributed by atoms with Crippen LogP contribution in [0.15, 0.2) is 0 Å². The summed E-state index contributed by atoms with van der Waals surface area (Å²) in [5, 5.41) is 0. The third-order valence-corrected chi connectivity index (χ3v) is 4.39. The molecule has 2 fully saturated rings. The standard InChI is InChI=1S/C13H24N2O2/c1-2-11-9-17-7-6-15(11)12(16)8-13(10-14)4-3-5-13/h11H,2-10,14H2,1H3. The summed E-state index contributed by atoms with van der Waals surface area (Å²) in [6, 6.07) is 0.270. The van der Waals surface area contributed by atoms with Crippen molar-refractivity contribution >= 4 is 5.91 Å². The van der Waals surface area contributed by atoms with Crippen molar-refractivity contribution < 1.29 is 9.53 Å². The minimum Gasteiger partial charge on any atom is -0.377 e. The molecule has 0 bridgehead atoms. The number of carbonyl (C=O) groups is 1. The van der Waals surface area contributed by atoms with Crippen LogP contribution in [0.25, 0.3) is 0 Å². The minimum atomic E-state index is 0.119. The zero-order valence-electron chi connectivity index (χ0n) is 10.8. The molecule has 0 aromatic rings. The molecule has 4 nitrogen and oxygen atoms in total. The highest BCUT2D eigenvalue weighted by atomic mass is 16.5. The van der Waals surface area contributed by atoms with Gasteiger partial charge in [-0.25, -0.2) is 0 Å². The molecule has 1 aliphatic heterocycles. The molecule has 98 valence electrons. The van der Waals surface area contributed by atoms with Gasteiger partial charge in [0, 0.05) is 13.0 Å². The molecule has 1 atom stereocenters. The van der Waals surface area contributed by atoms with Crippen LogP contribution in [-0.2, 0) is 9.53 Å². The Bertz CT molecular complexity index is 271. The van der Waals surface area contributed by atoms with Gasteiger partial charge >= 0.3 is 0 Å². The van der Waals surface area contributed by atoms with Crippen LogP contribution in [0, 0.1) is 5.41 Å². The molecule has 4 heteroatoms. The van der Waals surface area contributed by atoms with Crippen molar-refractivity contribution in [1.82, 2.24) is 4.90 Å². The van der Waals surface area contributed by atoms with Crippen LogP contribution in [0.4, 0.5) is 0 Å². The predicted octanol–water partition coefficient (Wildman–Crippen LogP) is 1.14. The number of morpholine rings is 1. The number of amides is 1. The number of ether oxygens (including phenoxy) is 1. The molecule has 1 unspecified atom stereocenters. The van der Waals surface area contributed by atoms with Crippen LogP contribution in [0.1, 0.15) is 39.0 Å². The van der Waals surface area contributed by atoms with Gasteiger partial charge in [0.25, 0.3) is 0 Å². The summed E-state index contributed by atoms with van der Waals surface area (Å²) in [5.74, 6) is 0.283. The average Bonchev–Trinajstić information content (AvgIpc) is 2.33. The largest absolute Gasteiger partial charge is 0.377 e. The molecule has 1 amide bonds. The van der Waals surface area contributed by atoms with Crippen molar-refractivity contribution in [3.05, 3.63) is 0 Å². The molecule has 2 aliphatic rings. The van der Waals surface area contributed by atoms with E-state index in [1.165, 1.54) is 6.42 Å². The van der Waals surface area contributed by atoms with Gasteiger partial charge in [0.15, 0.2) is 0 Å². The fourth-order valence-corrected chi connectivity index (χ4v) is 2.87. The van der Waals surface area contributed by atoms with E-state index < -0.39 is 0 Å². The third kappa shape index (κ3) is 2.63. The Morgan fingerprint density at radius 3 is 2.82 bits per heavy atom. The Labute approximate surface area is 103 Å². The van der Waals surface area contributed by atoms with Crippen molar-refractivity contribution in [3.63, 3.8) is 0 Å².